The lowest BCUT2D eigenvalue weighted by Crippen LogP contribution is -2.11. The second kappa shape index (κ2) is 5.79. The number of H-pyrrole nitrogens is 1. The summed E-state index contributed by atoms with van der Waals surface area (Å²) in [6.45, 7) is 1.83. The molecule has 0 radical (unpaired) electrons. The number of thiophene rings is 1. The third kappa shape index (κ3) is 3.03. The number of amides is 1. The van der Waals surface area contributed by atoms with Crippen molar-refractivity contribution >= 4 is 38.9 Å². The van der Waals surface area contributed by atoms with Gasteiger partial charge in [0.05, 0.1) is 15.0 Å². The van der Waals surface area contributed by atoms with Crippen molar-refractivity contribution in [3.63, 3.8) is 0 Å². The minimum Gasteiger partial charge on any atom is -0.321 e. The molecule has 0 aliphatic heterocycles. The highest BCUT2D eigenvalue weighted by Gasteiger charge is 2.13. The molecule has 0 saturated heterocycles. The number of aromatic amines is 1. The molecule has 0 spiro atoms. The first kappa shape index (κ1) is 14.0. The standard InChI is InChI=1S/C14H11BrN4OS/c1-8-16-13(19-18-8)10-4-2-3-5-11(10)17-14(20)9-6-12(15)21-7-9/h2-7H,1H3,(H,17,20)(H,16,18,19). The maximum atomic E-state index is 12.2. The SMILES string of the molecule is Cc1nc(-c2ccccc2NC(=O)c2csc(Br)c2)n[nH]1. The average molecular weight is 363 g/mol. The maximum Gasteiger partial charge on any atom is 0.256 e. The number of anilines is 1. The number of halogens is 1. The van der Waals surface area contributed by atoms with Crippen molar-refractivity contribution in [1.82, 2.24) is 15.2 Å². The number of para-hydroxylation sites is 1. The molecule has 7 heteroatoms. The van der Waals surface area contributed by atoms with Crippen LogP contribution in [0.25, 0.3) is 11.4 Å². The van der Waals surface area contributed by atoms with E-state index in [-0.39, 0.29) is 5.91 Å². The third-order valence-electron chi connectivity index (χ3n) is 2.84. The van der Waals surface area contributed by atoms with Gasteiger partial charge in [-0.2, -0.15) is 5.10 Å². The van der Waals surface area contributed by atoms with Crippen LogP contribution in [0.2, 0.25) is 0 Å². The lowest BCUT2D eigenvalue weighted by Gasteiger charge is -2.07. The van der Waals surface area contributed by atoms with Gasteiger partial charge in [0, 0.05) is 10.9 Å². The Morgan fingerprint density at radius 3 is 2.86 bits per heavy atom. The molecule has 0 saturated carbocycles. The Balaban J connectivity index is 1.91. The van der Waals surface area contributed by atoms with Gasteiger partial charge in [0.25, 0.3) is 5.91 Å². The predicted octanol–water partition coefficient (Wildman–Crippen LogP) is 3.86. The van der Waals surface area contributed by atoms with Crippen LogP contribution in [0.3, 0.4) is 0 Å². The molecule has 3 rings (SSSR count). The molecule has 2 N–H and O–H groups in total. The fraction of sp³-hybridized carbons (Fsp3) is 0.0714. The number of carbonyl (C=O) groups is 1. The minimum atomic E-state index is -0.156. The lowest BCUT2D eigenvalue weighted by molar-refractivity contribution is 0.102. The van der Waals surface area contributed by atoms with Gasteiger partial charge in [0.1, 0.15) is 5.82 Å². The Bertz CT molecular complexity index is 796. The van der Waals surface area contributed by atoms with Crippen molar-refractivity contribution in [2.75, 3.05) is 5.32 Å². The molecule has 0 atom stereocenters. The van der Waals surface area contributed by atoms with Crippen LogP contribution in [0.15, 0.2) is 39.5 Å². The summed E-state index contributed by atoms with van der Waals surface area (Å²) in [5.74, 6) is 1.14. The Hall–Kier alpha value is -1.99. The molecular formula is C14H11BrN4OS. The molecule has 1 amide bonds. The number of benzene rings is 1. The lowest BCUT2D eigenvalue weighted by atomic mass is 10.1. The van der Waals surface area contributed by atoms with Crippen LogP contribution >= 0.6 is 27.3 Å². The molecule has 0 bridgehead atoms. The van der Waals surface area contributed by atoms with E-state index in [9.17, 15) is 4.79 Å². The largest absolute Gasteiger partial charge is 0.321 e. The second-order valence-electron chi connectivity index (χ2n) is 4.38. The smallest absolute Gasteiger partial charge is 0.256 e. The number of aryl methyl sites for hydroxylation is 1. The van der Waals surface area contributed by atoms with E-state index < -0.39 is 0 Å². The third-order valence-corrected chi connectivity index (χ3v) is 4.35. The van der Waals surface area contributed by atoms with Crippen LogP contribution in [-0.4, -0.2) is 21.1 Å². The summed E-state index contributed by atoms with van der Waals surface area (Å²) in [4.78, 5) is 16.5. The predicted molar refractivity (Wildman–Crippen MR) is 86.5 cm³/mol. The van der Waals surface area contributed by atoms with Crippen LogP contribution < -0.4 is 5.32 Å². The van der Waals surface area contributed by atoms with Gasteiger partial charge >= 0.3 is 0 Å². The fourth-order valence-corrected chi connectivity index (χ4v) is 3.01. The highest BCUT2D eigenvalue weighted by molar-refractivity contribution is 9.11. The Labute approximate surface area is 133 Å². The van der Waals surface area contributed by atoms with Gasteiger partial charge < -0.3 is 5.32 Å². The van der Waals surface area contributed by atoms with Crippen LogP contribution in [0.1, 0.15) is 16.2 Å². The summed E-state index contributed by atoms with van der Waals surface area (Å²) in [7, 11) is 0. The normalized spacial score (nSPS) is 10.6. The molecule has 1 aromatic carbocycles. The first-order chi connectivity index (χ1) is 10.1. The number of nitrogens with zero attached hydrogens (tertiary/aromatic N) is 2. The zero-order chi connectivity index (χ0) is 14.8. The van der Waals surface area contributed by atoms with Crippen LogP contribution in [0.5, 0.6) is 0 Å². The molecule has 2 heterocycles. The first-order valence-corrected chi connectivity index (χ1v) is 7.84. The number of aromatic nitrogens is 3. The van der Waals surface area contributed by atoms with Gasteiger partial charge in [-0.3, -0.25) is 9.89 Å². The molecule has 0 aliphatic rings. The molecule has 21 heavy (non-hydrogen) atoms. The van der Waals surface area contributed by atoms with E-state index in [2.05, 4.69) is 36.4 Å². The second-order valence-corrected chi connectivity index (χ2v) is 6.67. The molecule has 106 valence electrons. The van der Waals surface area contributed by atoms with Gasteiger partial charge in [0.15, 0.2) is 5.82 Å². The number of hydrogen-bond acceptors (Lipinski definition) is 4. The van der Waals surface area contributed by atoms with Crippen molar-refractivity contribution < 1.29 is 4.79 Å². The van der Waals surface area contributed by atoms with Gasteiger partial charge in [0.2, 0.25) is 0 Å². The van der Waals surface area contributed by atoms with Gasteiger partial charge in [-0.05, 0) is 41.1 Å². The summed E-state index contributed by atoms with van der Waals surface area (Å²) < 4.78 is 0.922. The number of rotatable bonds is 3. The van der Waals surface area contributed by atoms with Crippen LogP contribution in [0.4, 0.5) is 5.69 Å². The summed E-state index contributed by atoms with van der Waals surface area (Å²) in [5, 5.41) is 11.6. The topological polar surface area (TPSA) is 70.7 Å². The van der Waals surface area contributed by atoms with Crippen molar-refractivity contribution in [3.05, 3.63) is 50.9 Å². The van der Waals surface area contributed by atoms with Crippen LogP contribution in [-0.2, 0) is 0 Å². The number of hydrogen-bond donors (Lipinski definition) is 2. The average Bonchev–Trinajstić information content (AvgIpc) is 3.08. The Morgan fingerprint density at radius 2 is 2.19 bits per heavy atom. The molecule has 0 fully saturated rings. The fourth-order valence-electron chi connectivity index (χ4n) is 1.87. The monoisotopic (exact) mass is 362 g/mol. The zero-order valence-electron chi connectivity index (χ0n) is 11.1. The van der Waals surface area contributed by atoms with Gasteiger partial charge in [-0.25, -0.2) is 4.98 Å². The number of carbonyl (C=O) groups excluding carboxylic acids is 1. The molecule has 2 aromatic heterocycles. The molecule has 0 aliphatic carbocycles. The van der Waals surface area contributed by atoms with Crippen molar-refractivity contribution in [2.45, 2.75) is 6.92 Å². The van der Waals surface area contributed by atoms with E-state index in [1.807, 2.05) is 31.2 Å². The van der Waals surface area contributed by atoms with Gasteiger partial charge in [-0.1, -0.05) is 12.1 Å². The van der Waals surface area contributed by atoms with Crippen molar-refractivity contribution in [3.8, 4) is 11.4 Å². The molecule has 5 nitrogen and oxygen atoms in total. The molecular weight excluding hydrogens is 352 g/mol. The summed E-state index contributed by atoms with van der Waals surface area (Å²) in [5.41, 5.74) is 2.08. The van der Waals surface area contributed by atoms with E-state index in [4.69, 9.17) is 0 Å². The first-order valence-electron chi connectivity index (χ1n) is 6.17. The highest BCUT2D eigenvalue weighted by Crippen LogP contribution is 2.26. The summed E-state index contributed by atoms with van der Waals surface area (Å²) in [6, 6.07) is 9.25. The van der Waals surface area contributed by atoms with E-state index in [1.54, 1.807) is 11.4 Å². The van der Waals surface area contributed by atoms with Crippen LogP contribution in [0, 0.1) is 6.92 Å². The van der Waals surface area contributed by atoms with E-state index in [1.165, 1.54) is 11.3 Å². The van der Waals surface area contributed by atoms with Crippen molar-refractivity contribution in [1.29, 1.82) is 0 Å². The minimum absolute atomic E-state index is 0.156. The highest BCUT2D eigenvalue weighted by atomic mass is 79.9. The Kier molecular flexibility index (Phi) is 3.85. The summed E-state index contributed by atoms with van der Waals surface area (Å²) in [6.07, 6.45) is 0. The van der Waals surface area contributed by atoms with E-state index in [0.29, 0.717) is 17.1 Å². The van der Waals surface area contributed by atoms with Crippen molar-refractivity contribution in [2.24, 2.45) is 0 Å². The quantitative estimate of drug-likeness (QED) is 0.743. The van der Waals surface area contributed by atoms with E-state index >= 15 is 0 Å². The zero-order valence-corrected chi connectivity index (χ0v) is 13.5. The Morgan fingerprint density at radius 1 is 1.38 bits per heavy atom. The van der Waals surface area contributed by atoms with E-state index in [0.717, 1.165) is 15.2 Å². The molecule has 3 aromatic rings. The van der Waals surface area contributed by atoms with Gasteiger partial charge in [-0.15, -0.1) is 11.3 Å². The maximum absolute atomic E-state index is 12.2. The molecule has 0 unspecified atom stereocenters. The summed E-state index contributed by atoms with van der Waals surface area (Å²) >= 11 is 4.83. The number of nitrogens with one attached hydrogen (secondary N) is 2.